The van der Waals surface area contributed by atoms with Crippen molar-refractivity contribution in [3.63, 3.8) is 0 Å². The number of nitrogens with zero attached hydrogens (tertiary/aromatic N) is 4. The van der Waals surface area contributed by atoms with Gasteiger partial charge in [0.25, 0.3) is 0 Å². The molecule has 9 heteroatoms. The summed E-state index contributed by atoms with van der Waals surface area (Å²) in [5.74, 6) is 2.08. The molecule has 32 heavy (non-hydrogen) atoms. The number of nitrogens with one attached hydrogen (secondary N) is 1. The van der Waals surface area contributed by atoms with Crippen molar-refractivity contribution in [3.05, 3.63) is 36.0 Å². The first-order valence-corrected chi connectivity index (χ1v) is 11.1. The van der Waals surface area contributed by atoms with Gasteiger partial charge in [-0.05, 0) is 67.8 Å². The number of halogens is 3. The van der Waals surface area contributed by atoms with Crippen LogP contribution in [0, 0.1) is 17.8 Å². The second kappa shape index (κ2) is 9.05. The fraction of sp³-hybridized carbons (Fsp3) is 0.522. The lowest BCUT2D eigenvalue weighted by atomic mass is 9.78. The molecule has 1 aliphatic rings. The summed E-state index contributed by atoms with van der Waals surface area (Å²) in [6.07, 6.45) is 0.0235. The number of rotatable bonds is 6. The van der Waals surface area contributed by atoms with Crippen LogP contribution in [-0.2, 0) is 6.18 Å². The summed E-state index contributed by atoms with van der Waals surface area (Å²) < 4.78 is 41.5. The number of nitrogens with two attached hydrogens (primary N) is 1. The number of alkyl halides is 3. The number of H-pyrrole nitrogens is 1. The maximum Gasteiger partial charge on any atom is 0.418 e. The van der Waals surface area contributed by atoms with Gasteiger partial charge in [0.2, 0.25) is 0 Å². The number of hydrogen-bond donors (Lipinski definition) is 2. The molecule has 0 saturated carbocycles. The smallest absolute Gasteiger partial charge is 0.356 e. The van der Waals surface area contributed by atoms with Crippen LogP contribution in [0.25, 0.3) is 22.4 Å². The molecule has 0 radical (unpaired) electrons. The van der Waals surface area contributed by atoms with Gasteiger partial charge in [0, 0.05) is 29.0 Å². The first-order valence-electron chi connectivity index (χ1n) is 11.1. The molecule has 6 nitrogen and oxygen atoms in total. The summed E-state index contributed by atoms with van der Waals surface area (Å²) in [6, 6.07) is 5.99. The highest BCUT2D eigenvalue weighted by molar-refractivity contribution is 5.90. The third-order valence-electron chi connectivity index (χ3n) is 6.28. The van der Waals surface area contributed by atoms with Crippen molar-refractivity contribution in [2.75, 3.05) is 24.5 Å². The molecule has 1 fully saturated rings. The Morgan fingerprint density at radius 3 is 2.78 bits per heavy atom. The molecule has 3 N–H and O–H groups in total. The molecular weight excluding hydrogens is 417 g/mol. The van der Waals surface area contributed by atoms with Gasteiger partial charge < -0.3 is 10.6 Å². The molecule has 2 unspecified atom stereocenters. The van der Waals surface area contributed by atoms with E-state index in [2.05, 4.69) is 38.9 Å². The molecule has 1 aliphatic heterocycles. The van der Waals surface area contributed by atoms with E-state index in [0.29, 0.717) is 41.1 Å². The minimum Gasteiger partial charge on any atom is -0.356 e. The fourth-order valence-electron chi connectivity index (χ4n) is 4.83. The summed E-state index contributed by atoms with van der Waals surface area (Å²) in [7, 11) is 0. The van der Waals surface area contributed by atoms with Crippen molar-refractivity contribution in [1.29, 1.82) is 0 Å². The van der Waals surface area contributed by atoms with E-state index in [1.165, 1.54) is 6.07 Å². The predicted molar refractivity (Wildman–Crippen MR) is 125 cm³/mol. The van der Waals surface area contributed by atoms with E-state index in [1.807, 2.05) is 0 Å². The van der Waals surface area contributed by atoms with E-state index in [-0.39, 0.29) is 15.7 Å². The minimum absolute atomic E-state index is 0. The van der Waals surface area contributed by atoms with Gasteiger partial charge in [0.1, 0.15) is 11.5 Å². The van der Waals surface area contributed by atoms with E-state index in [4.69, 9.17) is 5.73 Å². The highest BCUT2D eigenvalue weighted by atomic mass is 19.4. The summed E-state index contributed by atoms with van der Waals surface area (Å²) in [5, 5.41) is 7.31. The van der Waals surface area contributed by atoms with Crippen molar-refractivity contribution in [2.45, 2.75) is 39.3 Å². The Hall–Kier alpha value is -2.68. The van der Waals surface area contributed by atoms with Crippen molar-refractivity contribution < 1.29 is 17.5 Å². The summed E-state index contributed by atoms with van der Waals surface area (Å²) in [4.78, 5) is 10.8. The zero-order chi connectivity index (χ0) is 22.9. The van der Waals surface area contributed by atoms with E-state index < -0.39 is 11.7 Å². The molecular formula is C23H35F3N6. The molecule has 3 aromatic rings. The largest absolute Gasteiger partial charge is 0.418 e. The molecule has 2 atom stereocenters. The van der Waals surface area contributed by atoms with Crippen molar-refractivity contribution >= 4 is 16.9 Å². The van der Waals surface area contributed by atoms with Crippen LogP contribution in [0.4, 0.5) is 19.0 Å². The maximum atomic E-state index is 13.8. The number of fused-ring (bicyclic) bond motifs is 1. The van der Waals surface area contributed by atoms with Crippen LogP contribution >= 0.6 is 0 Å². The average molecular weight is 453 g/mol. The zero-order valence-electron chi connectivity index (χ0n) is 18.4. The van der Waals surface area contributed by atoms with Gasteiger partial charge in [0.15, 0.2) is 5.65 Å². The second-order valence-corrected chi connectivity index (χ2v) is 9.00. The van der Waals surface area contributed by atoms with Gasteiger partial charge in [-0.2, -0.15) is 18.3 Å². The van der Waals surface area contributed by atoms with Gasteiger partial charge in [-0.25, -0.2) is 9.97 Å². The summed E-state index contributed by atoms with van der Waals surface area (Å²) in [5.41, 5.74) is 5.50. The van der Waals surface area contributed by atoms with Crippen molar-refractivity contribution in [3.8, 4) is 11.4 Å². The lowest BCUT2D eigenvalue weighted by Crippen LogP contribution is -2.42. The van der Waals surface area contributed by atoms with Gasteiger partial charge in [-0.15, -0.1) is 0 Å². The van der Waals surface area contributed by atoms with E-state index in [0.717, 1.165) is 38.4 Å². The van der Waals surface area contributed by atoms with Crippen LogP contribution < -0.4 is 10.6 Å². The monoisotopic (exact) mass is 452 g/mol. The minimum atomic E-state index is -4.53. The quantitative estimate of drug-likeness (QED) is 0.508. The number of piperidine rings is 1. The lowest BCUT2D eigenvalue weighted by molar-refractivity contribution is -0.137. The Balaban J connectivity index is 0.00000204. The number of aromatic nitrogens is 4. The van der Waals surface area contributed by atoms with Gasteiger partial charge >= 0.3 is 6.18 Å². The Morgan fingerprint density at radius 1 is 1.25 bits per heavy atom. The van der Waals surface area contributed by atoms with Crippen LogP contribution in [0.15, 0.2) is 30.5 Å². The molecule has 4 rings (SSSR count). The Labute approximate surface area is 189 Å². The van der Waals surface area contributed by atoms with Crippen LogP contribution in [0.2, 0.25) is 0 Å². The van der Waals surface area contributed by atoms with Crippen LogP contribution in [-0.4, -0.2) is 39.8 Å². The third-order valence-corrected chi connectivity index (χ3v) is 6.28. The fourth-order valence-corrected chi connectivity index (χ4v) is 4.83. The molecule has 1 saturated heterocycles. The number of aromatic amines is 1. The molecule has 178 valence electrons. The van der Waals surface area contributed by atoms with Crippen LogP contribution in [0.3, 0.4) is 0 Å². The van der Waals surface area contributed by atoms with Crippen LogP contribution in [0.1, 0.15) is 43.0 Å². The van der Waals surface area contributed by atoms with E-state index in [9.17, 15) is 13.2 Å². The van der Waals surface area contributed by atoms with Gasteiger partial charge in [-0.1, -0.05) is 13.8 Å². The standard InChI is InChI=1S/C23H29F3N6.3H2/c1-14(2)12-16-13-32(11-8-15(16)7-9-27)19-6-5-18(23(24,25)26)21(29-19)20-17-4-3-10-28-22(17)31-30-20;;;/h3-6,10,14-16H,7-9,11-13,27H2,1-2H3,(H,28,30,31);3*1H. The van der Waals surface area contributed by atoms with Crippen molar-refractivity contribution in [2.24, 2.45) is 23.5 Å². The third kappa shape index (κ3) is 4.57. The zero-order valence-corrected chi connectivity index (χ0v) is 18.4. The highest BCUT2D eigenvalue weighted by Gasteiger charge is 2.37. The predicted octanol–water partition coefficient (Wildman–Crippen LogP) is 5.61. The molecule has 0 bridgehead atoms. The topological polar surface area (TPSA) is 83.7 Å². The number of anilines is 1. The summed E-state index contributed by atoms with van der Waals surface area (Å²) >= 11 is 0. The number of hydrogen-bond acceptors (Lipinski definition) is 5. The van der Waals surface area contributed by atoms with E-state index in [1.54, 1.807) is 18.3 Å². The highest BCUT2D eigenvalue weighted by Crippen LogP contribution is 2.39. The first-order chi connectivity index (χ1) is 15.3. The Kier molecular flexibility index (Phi) is 6.37. The molecule has 0 amide bonds. The normalized spacial score (nSPS) is 19.8. The lowest BCUT2D eigenvalue weighted by Gasteiger charge is -2.40. The maximum absolute atomic E-state index is 13.8. The van der Waals surface area contributed by atoms with E-state index >= 15 is 0 Å². The molecule has 0 spiro atoms. The van der Waals surface area contributed by atoms with Crippen molar-refractivity contribution in [1.82, 2.24) is 20.2 Å². The molecule has 3 aromatic heterocycles. The molecule has 0 aliphatic carbocycles. The van der Waals surface area contributed by atoms with Crippen LogP contribution in [0.5, 0.6) is 0 Å². The van der Waals surface area contributed by atoms with Gasteiger partial charge in [-0.3, -0.25) is 5.10 Å². The molecule has 0 aromatic carbocycles. The second-order valence-electron chi connectivity index (χ2n) is 9.00. The SMILES string of the molecule is CC(C)CC1CN(c2ccc(C(F)(F)F)c(-c3[nH]nc4ncccc34)n2)CCC1CCN.[HH].[HH].[HH]. The van der Waals surface area contributed by atoms with Gasteiger partial charge in [0.05, 0.1) is 11.3 Å². The summed E-state index contributed by atoms with van der Waals surface area (Å²) in [6.45, 7) is 6.58. The first kappa shape index (κ1) is 22.5. The number of pyridine rings is 2. The Bertz CT molecular complexity index is 1080. The Morgan fingerprint density at radius 2 is 2.06 bits per heavy atom. The molecule has 4 heterocycles. The average Bonchev–Trinajstić information content (AvgIpc) is 3.18.